The highest BCUT2D eigenvalue weighted by Gasteiger charge is 2.08. The van der Waals surface area contributed by atoms with Gasteiger partial charge in [0.05, 0.1) is 10.0 Å². The smallest absolute Gasteiger partial charge is 0.123 e. The van der Waals surface area contributed by atoms with Crippen LogP contribution in [0.4, 0.5) is 4.39 Å². The molecule has 94 valence electrons. The Kier molecular flexibility index (Phi) is 4.79. The second kappa shape index (κ2) is 6.16. The molecule has 0 aliphatic rings. The van der Waals surface area contributed by atoms with Gasteiger partial charge in [0.25, 0.3) is 0 Å². The zero-order valence-corrected chi connectivity index (χ0v) is 12.2. The standard InChI is InChI=1S/C13H8Cl3FS/c14-9-5-11(15)13(12(16)6-9)18-7-8-1-3-10(17)4-2-8/h1-6H,7H2. The third-order valence-electron chi connectivity index (χ3n) is 2.26. The van der Waals surface area contributed by atoms with E-state index in [0.29, 0.717) is 20.8 Å². The van der Waals surface area contributed by atoms with Gasteiger partial charge >= 0.3 is 0 Å². The van der Waals surface area contributed by atoms with E-state index in [1.165, 1.54) is 23.9 Å². The highest BCUT2D eigenvalue weighted by atomic mass is 35.5. The van der Waals surface area contributed by atoms with E-state index in [9.17, 15) is 4.39 Å². The SMILES string of the molecule is Fc1ccc(CSc2c(Cl)cc(Cl)cc2Cl)cc1. The van der Waals surface area contributed by atoms with Crippen LogP contribution in [-0.2, 0) is 5.75 Å². The van der Waals surface area contributed by atoms with Crippen molar-refractivity contribution in [2.24, 2.45) is 0 Å². The number of hydrogen-bond acceptors (Lipinski definition) is 1. The van der Waals surface area contributed by atoms with Crippen molar-refractivity contribution >= 4 is 46.6 Å². The van der Waals surface area contributed by atoms with Gasteiger partial charge in [-0.25, -0.2) is 4.39 Å². The Morgan fingerprint density at radius 2 is 1.50 bits per heavy atom. The lowest BCUT2D eigenvalue weighted by atomic mass is 10.2. The molecule has 18 heavy (non-hydrogen) atoms. The lowest BCUT2D eigenvalue weighted by Crippen LogP contribution is -1.83. The molecule has 0 aliphatic heterocycles. The average Bonchev–Trinajstić information content (AvgIpc) is 2.30. The van der Waals surface area contributed by atoms with Crippen molar-refractivity contribution in [3.8, 4) is 0 Å². The summed E-state index contributed by atoms with van der Waals surface area (Å²) in [7, 11) is 0. The maximum atomic E-state index is 12.8. The Hall–Kier alpha value is -0.410. The normalized spacial score (nSPS) is 10.7. The van der Waals surface area contributed by atoms with Crippen molar-refractivity contribution in [1.82, 2.24) is 0 Å². The molecule has 0 bridgehead atoms. The van der Waals surface area contributed by atoms with E-state index >= 15 is 0 Å². The van der Waals surface area contributed by atoms with E-state index in [1.807, 2.05) is 0 Å². The van der Waals surface area contributed by atoms with Crippen molar-refractivity contribution in [2.75, 3.05) is 0 Å². The van der Waals surface area contributed by atoms with Crippen LogP contribution < -0.4 is 0 Å². The molecular weight excluding hydrogens is 314 g/mol. The molecule has 0 aliphatic carbocycles. The van der Waals surface area contributed by atoms with E-state index in [0.717, 1.165) is 10.5 Å². The molecule has 0 fully saturated rings. The molecule has 0 nitrogen and oxygen atoms in total. The first-order chi connectivity index (χ1) is 8.56. The molecule has 0 amide bonds. The van der Waals surface area contributed by atoms with Gasteiger partial charge in [0, 0.05) is 15.7 Å². The van der Waals surface area contributed by atoms with Crippen LogP contribution in [0.25, 0.3) is 0 Å². The predicted molar refractivity (Wildman–Crippen MR) is 77.4 cm³/mol. The largest absolute Gasteiger partial charge is 0.207 e. The molecule has 0 unspecified atom stereocenters. The average molecular weight is 322 g/mol. The van der Waals surface area contributed by atoms with E-state index in [4.69, 9.17) is 34.8 Å². The Morgan fingerprint density at radius 3 is 2.06 bits per heavy atom. The zero-order chi connectivity index (χ0) is 13.1. The van der Waals surface area contributed by atoms with Crippen LogP contribution >= 0.6 is 46.6 Å². The van der Waals surface area contributed by atoms with Crippen LogP contribution in [0.3, 0.4) is 0 Å². The Labute approximate surface area is 124 Å². The zero-order valence-electron chi connectivity index (χ0n) is 9.09. The summed E-state index contributed by atoms with van der Waals surface area (Å²) in [5.74, 6) is 0.424. The fourth-order valence-corrected chi connectivity index (χ4v) is 3.44. The molecule has 0 aromatic heterocycles. The van der Waals surface area contributed by atoms with Crippen LogP contribution in [0, 0.1) is 5.82 Å². The maximum absolute atomic E-state index is 12.8. The minimum atomic E-state index is -0.244. The minimum Gasteiger partial charge on any atom is -0.207 e. The molecule has 0 spiro atoms. The number of rotatable bonds is 3. The summed E-state index contributed by atoms with van der Waals surface area (Å²) < 4.78 is 12.8. The van der Waals surface area contributed by atoms with E-state index in [1.54, 1.807) is 24.3 Å². The van der Waals surface area contributed by atoms with E-state index < -0.39 is 0 Å². The maximum Gasteiger partial charge on any atom is 0.123 e. The van der Waals surface area contributed by atoms with Gasteiger partial charge in [-0.15, -0.1) is 11.8 Å². The first-order valence-electron chi connectivity index (χ1n) is 5.08. The molecule has 2 rings (SSSR count). The fraction of sp³-hybridized carbons (Fsp3) is 0.0769. The van der Waals surface area contributed by atoms with Gasteiger partial charge in [0.15, 0.2) is 0 Å². The van der Waals surface area contributed by atoms with Gasteiger partial charge in [-0.1, -0.05) is 46.9 Å². The summed E-state index contributed by atoms with van der Waals surface area (Å²) in [5, 5.41) is 1.57. The lowest BCUT2D eigenvalue weighted by molar-refractivity contribution is 0.627. The third-order valence-corrected chi connectivity index (χ3v) is 4.50. The first kappa shape index (κ1) is 14.0. The number of hydrogen-bond donors (Lipinski definition) is 0. The molecule has 2 aromatic carbocycles. The van der Waals surface area contributed by atoms with Crippen molar-refractivity contribution in [3.63, 3.8) is 0 Å². The van der Waals surface area contributed by atoms with Gasteiger partial charge in [-0.2, -0.15) is 0 Å². The van der Waals surface area contributed by atoms with Crippen molar-refractivity contribution < 1.29 is 4.39 Å². The lowest BCUT2D eigenvalue weighted by Gasteiger charge is -2.07. The monoisotopic (exact) mass is 320 g/mol. The molecule has 0 N–H and O–H groups in total. The van der Waals surface area contributed by atoms with Gasteiger partial charge in [0.2, 0.25) is 0 Å². The summed E-state index contributed by atoms with van der Waals surface area (Å²) in [5.41, 5.74) is 1.00. The van der Waals surface area contributed by atoms with Crippen LogP contribution in [0.15, 0.2) is 41.3 Å². The summed E-state index contributed by atoms with van der Waals surface area (Å²) in [6.45, 7) is 0. The molecule has 5 heteroatoms. The Balaban J connectivity index is 2.13. The van der Waals surface area contributed by atoms with Crippen molar-refractivity contribution in [1.29, 1.82) is 0 Å². The summed E-state index contributed by atoms with van der Waals surface area (Å²) in [4.78, 5) is 0.784. The third kappa shape index (κ3) is 3.55. The van der Waals surface area contributed by atoms with Gasteiger partial charge in [0.1, 0.15) is 5.82 Å². The predicted octanol–water partition coefficient (Wildman–Crippen LogP) is 6.08. The van der Waals surface area contributed by atoms with Gasteiger partial charge in [-0.05, 0) is 29.8 Å². The van der Waals surface area contributed by atoms with Crippen LogP contribution in [-0.4, -0.2) is 0 Å². The highest BCUT2D eigenvalue weighted by Crippen LogP contribution is 2.38. The van der Waals surface area contributed by atoms with Crippen LogP contribution in [0.2, 0.25) is 15.1 Å². The van der Waals surface area contributed by atoms with E-state index in [-0.39, 0.29) is 5.82 Å². The molecule has 0 atom stereocenters. The fourth-order valence-electron chi connectivity index (χ4n) is 1.40. The van der Waals surface area contributed by atoms with Gasteiger partial charge in [-0.3, -0.25) is 0 Å². The molecule has 0 saturated carbocycles. The second-order valence-corrected chi connectivity index (χ2v) is 5.85. The topological polar surface area (TPSA) is 0 Å². The molecular formula is C13H8Cl3FS. The second-order valence-electron chi connectivity index (χ2n) is 3.61. The molecule has 2 aromatic rings. The molecule has 0 heterocycles. The Bertz CT molecular complexity index is 532. The molecule has 0 saturated heterocycles. The minimum absolute atomic E-state index is 0.244. The van der Waals surface area contributed by atoms with Gasteiger partial charge < -0.3 is 0 Å². The quantitative estimate of drug-likeness (QED) is 0.617. The Morgan fingerprint density at radius 1 is 0.944 bits per heavy atom. The summed E-state index contributed by atoms with van der Waals surface area (Å²) in [6, 6.07) is 9.64. The number of benzene rings is 2. The van der Waals surface area contributed by atoms with E-state index in [2.05, 4.69) is 0 Å². The summed E-state index contributed by atoms with van der Waals surface area (Å²) in [6.07, 6.45) is 0. The van der Waals surface area contributed by atoms with Crippen LogP contribution in [0.5, 0.6) is 0 Å². The first-order valence-corrected chi connectivity index (χ1v) is 7.20. The summed E-state index contributed by atoms with van der Waals surface area (Å²) >= 11 is 19.5. The van der Waals surface area contributed by atoms with Crippen LogP contribution in [0.1, 0.15) is 5.56 Å². The molecule has 0 radical (unpaired) electrons. The number of halogens is 4. The highest BCUT2D eigenvalue weighted by molar-refractivity contribution is 7.98. The number of thioether (sulfide) groups is 1. The van der Waals surface area contributed by atoms with Crippen molar-refractivity contribution in [2.45, 2.75) is 10.6 Å². The van der Waals surface area contributed by atoms with Crippen molar-refractivity contribution in [3.05, 3.63) is 62.8 Å².